The van der Waals surface area contributed by atoms with Crippen LogP contribution < -0.4 is 0 Å². The minimum Gasteiger partial charge on any atom is -0.477 e. The number of nitrogens with zero attached hydrogens (tertiary/aromatic N) is 2. The molecule has 0 aliphatic heterocycles. The molecule has 1 saturated carbocycles. The molecule has 1 aromatic heterocycles. The van der Waals surface area contributed by atoms with Crippen molar-refractivity contribution >= 4 is 5.97 Å². The minimum atomic E-state index is -0.887. The van der Waals surface area contributed by atoms with Crippen LogP contribution in [0, 0.1) is 5.41 Å². The van der Waals surface area contributed by atoms with Crippen LogP contribution in [0.15, 0.2) is 12.3 Å². The number of hydrogen-bond acceptors (Lipinski definition) is 2. The molecular formula is C12H18N2O2. The van der Waals surface area contributed by atoms with E-state index in [0.29, 0.717) is 11.1 Å². The largest absolute Gasteiger partial charge is 0.477 e. The molecule has 1 fully saturated rings. The number of rotatable bonds is 2. The van der Waals surface area contributed by atoms with Crippen LogP contribution >= 0.6 is 0 Å². The average Bonchev–Trinajstić information content (AvgIpc) is 2.66. The number of aromatic nitrogens is 2. The highest BCUT2D eigenvalue weighted by atomic mass is 16.4. The molecule has 0 bridgehead atoms. The van der Waals surface area contributed by atoms with Crippen LogP contribution in [0.25, 0.3) is 0 Å². The van der Waals surface area contributed by atoms with Crippen LogP contribution in [0.1, 0.15) is 56.1 Å². The minimum absolute atomic E-state index is 0.258. The van der Waals surface area contributed by atoms with Gasteiger partial charge in [-0.1, -0.05) is 13.8 Å². The summed E-state index contributed by atoms with van der Waals surface area (Å²) < 4.78 is 1.68. The van der Waals surface area contributed by atoms with Gasteiger partial charge in [-0.15, -0.1) is 0 Å². The fourth-order valence-electron chi connectivity index (χ4n) is 2.40. The van der Waals surface area contributed by atoms with Gasteiger partial charge in [0.05, 0.1) is 6.04 Å². The van der Waals surface area contributed by atoms with E-state index in [1.165, 1.54) is 0 Å². The molecule has 0 unspecified atom stereocenters. The Bertz CT molecular complexity index is 385. The maximum Gasteiger partial charge on any atom is 0.354 e. The molecule has 4 nitrogen and oxygen atoms in total. The van der Waals surface area contributed by atoms with E-state index in [4.69, 9.17) is 5.11 Å². The van der Waals surface area contributed by atoms with E-state index in [-0.39, 0.29) is 6.04 Å². The van der Waals surface area contributed by atoms with Crippen LogP contribution in [0.5, 0.6) is 0 Å². The first kappa shape index (κ1) is 11.2. The second-order valence-electron chi connectivity index (χ2n) is 5.36. The lowest BCUT2D eigenvalue weighted by Crippen LogP contribution is -2.25. The van der Waals surface area contributed by atoms with Crippen LogP contribution in [0.4, 0.5) is 0 Å². The maximum absolute atomic E-state index is 11.0. The van der Waals surface area contributed by atoms with Crippen molar-refractivity contribution in [3.63, 3.8) is 0 Å². The Morgan fingerprint density at radius 3 is 2.69 bits per heavy atom. The topological polar surface area (TPSA) is 55.1 Å². The maximum atomic E-state index is 11.0. The Morgan fingerprint density at radius 2 is 2.12 bits per heavy atom. The molecule has 0 spiro atoms. The molecule has 88 valence electrons. The standard InChI is InChI=1S/C12H18N2O2/c1-12(2)6-3-9(4-7-12)14-10(11(15)16)5-8-13-14/h5,8-9H,3-4,6-7H2,1-2H3,(H,15,16). The second-order valence-corrected chi connectivity index (χ2v) is 5.36. The molecule has 1 aliphatic carbocycles. The van der Waals surface area contributed by atoms with Gasteiger partial charge in [-0.3, -0.25) is 4.68 Å². The predicted octanol–water partition coefficient (Wildman–Crippen LogP) is 2.72. The van der Waals surface area contributed by atoms with Gasteiger partial charge < -0.3 is 5.11 Å². The smallest absolute Gasteiger partial charge is 0.354 e. The number of carbonyl (C=O) groups is 1. The predicted molar refractivity (Wildman–Crippen MR) is 60.5 cm³/mol. The van der Waals surface area contributed by atoms with Gasteiger partial charge in [0.25, 0.3) is 0 Å². The van der Waals surface area contributed by atoms with E-state index in [1.807, 2.05) is 0 Å². The number of carboxylic acid groups (broad SMARTS) is 1. The fraction of sp³-hybridized carbons (Fsp3) is 0.667. The molecule has 16 heavy (non-hydrogen) atoms. The molecule has 4 heteroatoms. The van der Waals surface area contributed by atoms with E-state index < -0.39 is 5.97 Å². The van der Waals surface area contributed by atoms with Crippen LogP contribution in [0.2, 0.25) is 0 Å². The zero-order chi connectivity index (χ0) is 11.8. The van der Waals surface area contributed by atoms with E-state index in [2.05, 4.69) is 18.9 Å². The highest BCUT2D eigenvalue weighted by Crippen LogP contribution is 2.40. The lowest BCUT2D eigenvalue weighted by Gasteiger charge is -2.34. The lowest BCUT2D eigenvalue weighted by atomic mass is 9.75. The zero-order valence-electron chi connectivity index (χ0n) is 9.81. The van der Waals surface area contributed by atoms with Gasteiger partial charge in [-0.25, -0.2) is 4.79 Å². The summed E-state index contributed by atoms with van der Waals surface area (Å²) >= 11 is 0. The summed E-state index contributed by atoms with van der Waals surface area (Å²) in [5.74, 6) is -0.887. The molecule has 0 saturated heterocycles. The summed E-state index contributed by atoms with van der Waals surface area (Å²) in [7, 11) is 0. The quantitative estimate of drug-likeness (QED) is 0.837. The van der Waals surface area contributed by atoms with Crippen LogP contribution in [-0.4, -0.2) is 20.9 Å². The van der Waals surface area contributed by atoms with Gasteiger partial charge in [0.15, 0.2) is 0 Å². The Morgan fingerprint density at radius 1 is 1.50 bits per heavy atom. The van der Waals surface area contributed by atoms with Crippen LogP contribution in [-0.2, 0) is 0 Å². The van der Waals surface area contributed by atoms with Crippen molar-refractivity contribution in [1.82, 2.24) is 9.78 Å². The van der Waals surface area contributed by atoms with Crippen molar-refractivity contribution in [3.8, 4) is 0 Å². The summed E-state index contributed by atoms with van der Waals surface area (Å²) in [6.07, 6.45) is 5.89. The first-order valence-electron chi connectivity index (χ1n) is 5.76. The monoisotopic (exact) mass is 222 g/mol. The zero-order valence-corrected chi connectivity index (χ0v) is 9.81. The molecule has 0 aromatic carbocycles. The third-order valence-corrected chi connectivity index (χ3v) is 3.54. The average molecular weight is 222 g/mol. The summed E-state index contributed by atoms with van der Waals surface area (Å²) in [6.45, 7) is 4.54. The highest BCUT2D eigenvalue weighted by molar-refractivity contribution is 5.85. The van der Waals surface area contributed by atoms with Crippen molar-refractivity contribution in [3.05, 3.63) is 18.0 Å². The first-order valence-corrected chi connectivity index (χ1v) is 5.76. The van der Waals surface area contributed by atoms with Gasteiger partial charge in [0.2, 0.25) is 0 Å². The van der Waals surface area contributed by atoms with Crippen molar-refractivity contribution in [1.29, 1.82) is 0 Å². The van der Waals surface area contributed by atoms with E-state index in [9.17, 15) is 4.79 Å². The highest BCUT2D eigenvalue weighted by Gasteiger charge is 2.29. The number of aromatic carboxylic acids is 1. The van der Waals surface area contributed by atoms with Crippen molar-refractivity contribution < 1.29 is 9.90 Å². The normalized spacial score (nSPS) is 20.9. The van der Waals surface area contributed by atoms with Crippen LogP contribution in [0.3, 0.4) is 0 Å². The third kappa shape index (κ3) is 2.10. The fourth-order valence-corrected chi connectivity index (χ4v) is 2.40. The van der Waals surface area contributed by atoms with E-state index in [0.717, 1.165) is 25.7 Å². The lowest BCUT2D eigenvalue weighted by molar-refractivity contribution is 0.0674. The molecular weight excluding hydrogens is 204 g/mol. The van der Waals surface area contributed by atoms with Gasteiger partial charge in [0.1, 0.15) is 5.69 Å². The Labute approximate surface area is 95.3 Å². The third-order valence-electron chi connectivity index (χ3n) is 3.54. The molecule has 1 aliphatic rings. The second kappa shape index (κ2) is 3.92. The van der Waals surface area contributed by atoms with E-state index in [1.54, 1.807) is 16.9 Å². The number of carboxylic acids is 1. The Balaban J connectivity index is 2.14. The Hall–Kier alpha value is -1.32. The van der Waals surface area contributed by atoms with Crippen molar-refractivity contribution in [2.24, 2.45) is 5.41 Å². The molecule has 1 aromatic rings. The molecule has 1 N–H and O–H groups in total. The first-order chi connectivity index (χ1) is 7.49. The van der Waals surface area contributed by atoms with Gasteiger partial charge in [-0.05, 0) is 37.2 Å². The SMILES string of the molecule is CC1(C)CCC(n2nccc2C(=O)O)CC1. The summed E-state index contributed by atoms with van der Waals surface area (Å²) in [5, 5.41) is 13.2. The van der Waals surface area contributed by atoms with Gasteiger partial charge in [-0.2, -0.15) is 5.10 Å². The number of hydrogen-bond donors (Lipinski definition) is 1. The Kier molecular flexibility index (Phi) is 2.74. The van der Waals surface area contributed by atoms with Gasteiger partial charge >= 0.3 is 5.97 Å². The molecule has 1 heterocycles. The molecule has 0 amide bonds. The summed E-state index contributed by atoms with van der Waals surface area (Å²) in [5.41, 5.74) is 0.706. The molecule has 2 rings (SSSR count). The molecule has 0 atom stereocenters. The summed E-state index contributed by atoms with van der Waals surface area (Å²) in [4.78, 5) is 11.0. The summed E-state index contributed by atoms with van der Waals surface area (Å²) in [6, 6.07) is 1.83. The van der Waals surface area contributed by atoms with E-state index >= 15 is 0 Å². The van der Waals surface area contributed by atoms with Crippen molar-refractivity contribution in [2.75, 3.05) is 0 Å². The van der Waals surface area contributed by atoms with Gasteiger partial charge in [0, 0.05) is 6.20 Å². The molecule has 0 radical (unpaired) electrons. The van der Waals surface area contributed by atoms with Crippen molar-refractivity contribution in [2.45, 2.75) is 45.6 Å².